The molecule has 0 spiro atoms. The lowest BCUT2D eigenvalue weighted by atomic mass is 9.86. The molecule has 1 aliphatic rings. The molecule has 4 nitrogen and oxygen atoms in total. The summed E-state index contributed by atoms with van der Waals surface area (Å²) in [5, 5.41) is 3.51. The van der Waals surface area contributed by atoms with Crippen molar-refractivity contribution in [2.75, 3.05) is 20.1 Å². The van der Waals surface area contributed by atoms with Crippen molar-refractivity contribution in [1.82, 2.24) is 14.3 Å². The van der Waals surface area contributed by atoms with Crippen LogP contribution in [-0.4, -0.2) is 34.4 Å². The Bertz CT molecular complexity index is 1130. The third-order valence-corrected chi connectivity index (χ3v) is 6.70. The third kappa shape index (κ3) is 4.09. The maximum absolute atomic E-state index is 6.08. The van der Waals surface area contributed by atoms with E-state index in [0.717, 1.165) is 35.2 Å². The van der Waals surface area contributed by atoms with Crippen LogP contribution in [0.25, 0.3) is 21.3 Å². The van der Waals surface area contributed by atoms with E-state index >= 15 is 0 Å². The highest BCUT2D eigenvalue weighted by Crippen LogP contribution is 2.34. The number of rotatable bonds is 5. The number of piperidine rings is 1. The molecule has 3 aromatic carbocycles. The molecule has 0 saturated carbocycles. The Morgan fingerprint density at radius 1 is 1.00 bits per heavy atom. The molecule has 0 radical (unpaired) electrons. The van der Waals surface area contributed by atoms with Gasteiger partial charge in [-0.3, -0.25) is 0 Å². The van der Waals surface area contributed by atoms with Gasteiger partial charge in [0.1, 0.15) is 17.4 Å². The predicted octanol–water partition coefficient (Wildman–Crippen LogP) is 5.75. The maximum atomic E-state index is 6.08. The van der Waals surface area contributed by atoms with Gasteiger partial charge in [-0.05, 0) is 78.9 Å². The SMILES string of the molecule is CN1CCC(c2cccc3ccc(OCc4nsc(-c5ccccc5)n4)cc23)CC1. The average molecular weight is 416 g/mol. The smallest absolute Gasteiger partial charge is 0.180 e. The lowest BCUT2D eigenvalue weighted by Gasteiger charge is -2.30. The first-order valence-electron chi connectivity index (χ1n) is 10.5. The molecule has 1 saturated heterocycles. The minimum Gasteiger partial charge on any atom is -0.486 e. The van der Waals surface area contributed by atoms with Gasteiger partial charge < -0.3 is 9.64 Å². The van der Waals surface area contributed by atoms with Crippen LogP contribution in [0, 0.1) is 0 Å². The topological polar surface area (TPSA) is 38.2 Å². The summed E-state index contributed by atoms with van der Waals surface area (Å²) in [6.45, 7) is 2.71. The van der Waals surface area contributed by atoms with E-state index in [2.05, 4.69) is 63.8 Å². The minimum atomic E-state index is 0.380. The molecule has 30 heavy (non-hydrogen) atoms. The largest absolute Gasteiger partial charge is 0.486 e. The van der Waals surface area contributed by atoms with Crippen LogP contribution in [0.5, 0.6) is 5.75 Å². The summed E-state index contributed by atoms with van der Waals surface area (Å²) in [6.07, 6.45) is 2.43. The Balaban J connectivity index is 1.34. The van der Waals surface area contributed by atoms with Crippen molar-refractivity contribution in [3.05, 3.63) is 78.1 Å². The fourth-order valence-corrected chi connectivity index (χ4v) is 4.87. The fraction of sp³-hybridized carbons (Fsp3) is 0.280. The Morgan fingerprint density at radius 3 is 2.67 bits per heavy atom. The van der Waals surface area contributed by atoms with Crippen molar-refractivity contribution >= 4 is 22.3 Å². The molecule has 1 aliphatic heterocycles. The standard InChI is InChI=1S/C25H25N3OS/c1-28-14-12-19(13-15-28)22-9-5-8-18-10-11-21(16-23(18)22)29-17-24-26-25(30-27-24)20-6-3-2-4-7-20/h2-11,16,19H,12-15,17H2,1H3. The Morgan fingerprint density at radius 2 is 1.83 bits per heavy atom. The number of likely N-dealkylation sites (tertiary alicyclic amines) is 1. The Kier molecular flexibility index (Phi) is 5.47. The van der Waals surface area contributed by atoms with Gasteiger partial charge in [0.15, 0.2) is 5.82 Å². The summed E-state index contributed by atoms with van der Waals surface area (Å²) >= 11 is 1.42. The molecule has 0 aliphatic carbocycles. The monoisotopic (exact) mass is 415 g/mol. The number of nitrogens with zero attached hydrogens (tertiary/aromatic N) is 3. The van der Waals surface area contributed by atoms with Crippen LogP contribution >= 0.6 is 11.5 Å². The highest BCUT2D eigenvalue weighted by Gasteiger charge is 2.20. The van der Waals surface area contributed by atoms with Gasteiger partial charge in [0.2, 0.25) is 0 Å². The lowest BCUT2D eigenvalue weighted by Crippen LogP contribution is -2.29. The van der Waals surface area contributed by atoms with Crippen molar-refractivity contribution in [2.45, 2.75) is 25.4 Å². The normalized spacial score (nSPS) is 15.5. The lowest BCUT2D eigenvalue weighted by molar-refractivity contribution is 0.256. The van der Waals surface area contributed by atoms with Gasteiger partial charge >= 0.3 is 0 Å². The zero-order valence-corrected chi connectivity index (χ0v) is 17.9. The molecular weight excluding hydrogens is 390 g/mol. The average Bonchev–Trinajstić information content (AvgIpc) is 3.28. The van der Waals surface area contributed by atoms with Crippen LogP contribution in [0.1, 0.15) is 30.1 Å². The zero-order valence-electron chi connectivity index (χ0n) is 17.1. The van der Waals surface area contributed by atoms with Gasteiger partial charge in [0.25, 0.3) is 0 Å². The maximum Gasteiger partial charge on any atom is 0.180 e. The van der Waals surface area contributed by atoms with E-state index in [0.29, 0.717) is 12.5 Å². The molecule has 1 fully saturated rings. The molecule has 2 heterocycles. The first kappa shape index (κ1) is 19.2. The highest BCUT2D eigenvalue weighted by atomic mass is 32.1. The third-order valence-electron chi connectivity index (χ3n) is 5.90. The van der Waals surface area contributed by atoms with Gasteiger partial charge in [-0.1, -0.05) is 54.6 Å². The van der Waals surface area contributed by atoms with Crippen molar-refractivity contribution in [1.29, 1.82) is 0 Å². The quantitative estimate of drug-likeness (QED) is 0.416. The molecule has 4 aromatic rings. The van der Waals surface area contributed by atoms with E-state index in [4.69, 9.17) is 4.74 Å². The van der Waals surface area contributed by atoms with Crippen LogP contribution in [0.4, 0.5) is 0 Å². The second-order valence-corrected chi connectivity index (χ2v) is 8.73. The van der Waals surface area contributed by atoms with Crippen LogP contribution in [0.3, 0.4) is 0 Å². The first-order chi connectivity index (χ1) is 14.8. The second-order valence-electron chi connectivity index (χ2n) is 7.98. The van der Waals surface area contributed by atoms with Crippen LogP contribution < -0.4 is 4.74 Å². The van der Waals surface area contributed by atoms with Crippen molar-refractivity contribution < 1.29 is 4.74 Å². The summed E-state index contributed by atoms with van der Waals surface area (Å²) in [4.78, 5) is 7.05. The van der Waals surface area contributed by atoms with Gasteiger partial charge in [0, 0.05) is 5.56 Å². The van der Waals surface area contributed by atoms with Gasteiger partial charge in [-0.15, -0.1) is 0 Å². The van der Waals surface area contributed by atoms with Crippen molar-refractivity contribution in [3.63, 3.8) is 0 Å². The molecule has 0 atom stereocenters. The molecule has 0 amide bonds. The molecule has 5 heteroatoms. The van der Waals surface area contributed by atoms with E-state index in [1.807, 2.05) is 24.3 Å². The van der Waals surface area contributed by atoms with Crippen LogP contribution in [0.2, 0.25) is 0 Å². The van der Waals surface area contributed by atoms with E-state index in [1.54, 1.807) is 0 Å². The number of benzene rings is 3. The molecule has 0 bridgehead atoms. The van der Waals surface area contributed by atoms with Gasteiger partial charge in [-0.25, -0.2) is 4.98 Å². The summed E-state index contributed by atoms with van der Waals surface area (Å²) in [7, 11) is 2.21. The predicted molar refractivity (Wildman–Crippen MR) is 123 cm³/mol. The van der Waals surface area contributed by atoms with E-state index in [1.165, 1.54) is 40.7 Å². The molecule has 1 aromatic heterocycles. The molecule has 0 N–H and O–H groups in total. The van der Waals surface area contributed by atoms with E-state index in [-0.39, 0.29) is 0 Å². The fourth-order valence-electron chi connectivity index (χ4n) is 4.20. The van der Waals surface area contributed by atoms with E-state index < -0.39 is 0 Å². The molecular formula is C25H25N3OS. The number of hydrogen-bond donors (Lipinski definition) is 0. The second kappa shape index (κ2) is 8.54. The summed E-state index contributed by atoms with van der Waals surface area (Å²) < 4.78 is 10.6. The number of fused-ring (bicyclic) bond motifs is 1. The van der Waals surface area contributed by atoms with Gasteiger partial charge in [-0.2, -0.15) is 4.37 Å². The number of ether oxygens (including phenoxy) is 1. The number of aromatic nitrogens is 2. The molecule has 5 rings (SSSR count). The van der Waals surface area contributed by atoms with Gasteiger partial charge in [0.05, 0.1) is 0 Å². The highest BCUT2D eigenvalue weighted by molar-refractivity contribution is 7.09. The Hall–Kier alpha value is -2.76. The Labute approximate surface area is 181 Å². The van der Waals surface area contributed by atoms with Crippen molar-refractivity contribution in [2.24, 2.45) is 0 Å². The van der Waals surface area contributed by atoms with Crippen molar-refractivity contribution in [3.8, 4) is 16.3 Å². The molecule has 152 valence electrons. The minimum absolute atomic E-state index is 0.380. The first-order valence-corrected chi connectivity index (χ1v) is 11.3. The summed E-state index contributed by atoms with van der Waals surface area (Å²) in [5.74, 6) is 2.22. The van der Waals surface area contributed by atoms with E-state index in [9.17, 15) is 0 Å². The molecule has 0 unspecified atom stereocenters. The zero-order chi connectivity index (χ0) is 20.3. The van der Waals surface area contributed by atoms with Crippen LogP contribution in [-0.2, 0) is 6.61 Å². The van der Waals surface area contributed by atoms with Crippen LogP contribution in [0.15, 0.2) is 66.7 Å². The number of hydrogen-bond acceptors (Lipinski definition) is 5. The summed E-state index contributed by atoms with van der Waals surface area (Å²) in [6, 6.07) is 23.2. The summed E-state index contributed by atoms with van der Waals surface area (Å²) in [5.41, 5.74) is 2.54.